The van der Waals surface area contributed by atoms with E-state index in [1.807, 2.05) is 31.2 Å². The first-order chi connectivity index (χ1) is 13.9. The van der Waals surface area contributed by atoms with Crippen LogP contribution in [0.15, 0.2) is 57.5 Å². The first-order valence-corrected chi connectivity index (χ1v) is 10.5. The smallest absolute Gasteiger partial charge is 0.234 e. The molecule has 2 N–H and O–H groups in total. The number of allylic oxidation sites excluding steroid dienone is 1. The third-order valence-corrected chi connectivity index (χ3v) is 5.90. The second kappa shape index (κ2) is 9.25. The summed E-state index contributed by atoms with van der Waals surface area (Å²) in [6, 6.07) is 14.2. The number of hydrogen-bond acceptors (Lipinski definition) is 4. The molecule has 0 unspecified atom stereocenters. The fraction of sp³-hybridized carbons (Fsp3) is 0.190. The molecular weight excluding hydrogens is 457 g/mol. The molecule has 148 valence electrons. The number of carbonyl (C=O) groups excluding carboxylic acids is 2. The summed E-state index contributed by atoms with van der Waals surface area (Å²) < 4.78 is 14.4. The average Bonchev–Trinajstić information content (AvgIpc) is 2.68. The maximum absolute atomic E-state index is 13.9. The molecule has 1 heterocycles. The Morgan fingerprint density at radius 1 is 1.34 bits per heavy atom. The van der Waals surface area contributed by atoms with Crippen LogP contribution >= 0.6 is 27.7 Å². The van der Waals surface area contributed by atoms with Gasteiger partial charge in [0.15, 0.2) is 0 Å². The van der Waals surface area contributed by atoms with Gasteiger partial charge in [0.05, 0.1) is 28.1 Å². The first-order valence-electron chi connectivity index (χ1n) is 8.75. The van der Waals surface area contributed by atoms with Gasteiger partial charge in [-0.2, -0.15) is 5.26 Å². The van der Waals surface area contributed by atoms with Gasteiger partial charge in [-0.3, -0.25) is 9.59 Å². The lowest BCUT2D eigenvalue weighted by Gasteiger charge is -2.25. The highest BCUT2D eigenvalue weighted by Gasteiger charge is 2.29. The molecule has 29 heavy (non-hydrogen) atoms. The van der Waals surface area contributed by atoms with Crippen LogP contribution in [0.2, 0.25) is 0 Å². The van der Waals surface area contributed by atoms with Crippen molar-refractivity contribution in [1.82, 2.24) is 5.32 Å². The van der Waals surface area contributed by atoms with Crippen LogP contribution < -0.4 is 10.6 Å². The third-order valence-electron chi connectivity index (χ3n) is 4.39. The third kappa shape index (κ3) is 5.25. The van der Waals surface area contributed by atoms with Gasteiger partial charge >= 0.3 is 0 Å². The van der Waals surface area contributed by atoms with Crippen LogP contribution in [0.3, 0.4) is 0 Å². The minimum Gasteiger partial charge on any atom is -0.323 e. The lowest BCUT2D eigenvalue weighted by atomic mass is 9.87. The van der Waals surface area contributed by atoms with E-state index < -0.39 is 11.7 Å². The number of benzene rings is 2. The molecule has 1 atom stereocenters. The van der Waals surface area contributed by atoms with Crippen molar-refractivity contribution in [2.24, 2.45) is 0 Å². The molecule has 5 nitrogen and oxygen atoms in total. The van der Waals surface area contributed by atoms with Gasteiger partial charge in [0.2, 0.25) is 11.8 Å². The predicted molar refractivity (Wildman–Crippen MR) is 115 cm³/mol. The molecule has 3 rings (SSSR count). The van der Waals surface area contributed by atoms with Crippen molar-refractivity contribution in [3.63, 3.8) is 0 Å². The van der Waals surface area contributed by atoms with Crippen LogP contribution in [0.5, 0.6) is 0 Å². The van der Waals surface area contributed by atoms with E-state index in [4.69, 9.17) is 0 Å². The Bertz CT molecular complexity index is 1030. The number of amides is 2. The summed E-state index contributed by atoms with van der Waals surface area (Å²) in [5, 5.41) is 15.2. The summed E-state index contributed by atoms with van der Waals surface area (Å²) in [4.78, 5) is 24.4. The maximum Gasteiger partial charge on any atom is 0.234 e. The Morgan fingerprint density at radius 3 is 2.72 bits per heavy atom. The number of hydrogen-bond donors (Lipinski definition) is 2. The number of aryl methyl sites for hydroxylation is 1. The molecule has 0 spiro atoms. The molecule has 0 aliphatic carbocycles. The lowest BCUT2D eigenvalue weighted by molar-refractivity contribution is -0.121. The molecule has 0 saturated heterocycles. The fourth-order valence-corrected chi connectivity index (χ4v) is 4.14. The van der Waals surface area contributed by atoms with Crippen LogP contribution in [0, 0.1) is 24.1 Å². The number of thioether (sulfide) groups is 1. The average molecular weight is 474 g/mol. The van der Waals surface area contributed by atoms with E-state index in [0.29, 0.717) is 15.1 Å². The van der Waals surface area contributed by atoms with E-state index in [2.05, 4.69) is 32.6 Å². The molecule has 0 bridgehead atoms. The molecule has 2 aromatic rings. The van der Waals surface area contributed by atoms with Crippen molar-refractivity contribution >= 4 is 45.2 Å². The van der Waals surface area contributed by atoms with Crippen molar-refractivity contribution in [1.29, 1.82) is 5.26 Å². The summed E-state index contributed by atoms with van der Waals surface area (Å²) >= 11 is 4.21. The molecule has 1 aliphatic heterocycles. The Morgan fingerprint density at radius 2 is 2.07 bits per heavy atom. The largest absolute Gasteiger partial charge is 0.323 e. The quantitative estimate of drug-likeness (QED) is 0.664. The zero-order valence-electron chi connectivity index (χ0n) is 15.5. The lowest BCUT2D eigenvalue weighted by Crippen LogP contribution is -2.31. The molecule has 0 fully saturated rings. The van der Waals surface area contributed by atoms with Gasteiger partial charge in [-0.05, 0) is 30.7 Å². The molecule has 8 heteroatoms. The van der Waals surface area contributed by atoms with Crippen LogP contribution in [0.25, 0.3) is 0 Å². The van der Waals surface area contributed by atoms with Crippen LogP contribution in [-0.4, -0.2) is 17.6 Å². The van der Waals surface area contributed by atoms with Gasteiger partial charge in [-0.15, -0.1) is 0 Å². The zero-order chi connectivity index (χ0) is 21.0. The Hall–Kier alpha value is -2.63. The van der Waals surface area contributed by atoms with Crippen LogP contribution in [0.4, 0.5) is 10.1 Å². The number of halogens is 2. The number of rotatable bonds is 5. The molecule has 1 aliphatic rings. The normalized spacial score (nSPS) is 16.2. The second-order valence-electron chi connectivity index (χ2n) is 6.53. The minimum absolute atomic E-state index is 0.0681. The first kappa shape index (κ1) is 21.1. The van der Waals surface area contributed by atoms with Crippen molar-refractivity contribution in [2.75, 3.05) is 11.1 Å². The number of carbonyl (C=O) groups is 2. The van der Waals surface area contributed by atoms with Crippen molar-refractivity contribution in [3.05, 3.63) is 74.5 Å². The van der Waals surface area contributed by atoms with Gasteiger partial charge in [0.1, 0.15) is 5.82 Å². The maximum atomic E-state index is 13.9. The van der Waals surface area contributed by atoms with E-state index in [0.717, 1.165) is 22.9 Å². The fourth-order valence-electron chi connectivity index (χ4n) is 2.93. The van der Waals surface area contributed by atoms with Crippen molar-refractivity contribution in [3.8, 4) is 6.07 Å². The monoisotopic (exact) mass is 473 g/mol. The SMILES string of the molecule is Cc1ccc([C@H]2CC(=O)NC(SCC(=O)Nc3ccc(Br)cc3F)=C2C#N)cc1. The van der Waals surface area contributed by atoms with Crippen molar-refractivity contribution < 1.29 is 14.0 Å². The van der Waals surface area contributed by atoms with Gasteiger partial charge in [0.25, 0.3) is 0 Å². The molecule has 2 aromatic carbocycles. The van der Waals surface area contributed by atoms with Gasteiger partial charge < -0.3 is 10.6 Å². The number of nitrogens with one attached hydrogen (secondary N) is 2. The number of nitrogens with zero attached hydrogens (tertiary/aromatic N) is 1. The topological polar surface area (TPSA) is 82.0 Å². The van der Waals surface area contributed by atoms with E-state index in [1.165, 1.54) is 12.1 Å². The number of anilines is 1. The Kier molecular flexibility index (Phi) is 6.72. The van der Waals surface area contributed by atoms with Gasteiger partial charge in [0, 0.05) is 16.8 Å². The molecular formula is C21H17BrFN3O2S. The van der Waals surface area contributed by atoms with Crippen LogP contribution in [-0.2, 0) is 9.59 Å². The summed E-state index contributed by atoms with van der Waals surface area (Å²) in [6.07, 6.45) is 0.173. The second-order valence-corrected chi connectivity index (χ2v) is 8.43. The van der Waals surface area contributed by atoms with E-state index in [-0.39, 0.29) is 29.7 Å². The van der Waals surface area contributed by atoms with Crippen molar-refractivity contribution in [2.45, 2.75) is 19.3 Å². The number of nitriles is 1. The minimum atomic E-state index is -0.556. The highest BCUT2D eigenvalue weighted by Crippen LogP contribution is 2.36. The molecule has 0 saturated carbocycles. The molecule has 0 radical (unpaired) electrons. The zero-order valence-corrected chi connectivity index (χ0v) is 17.9. The summed E-state index contributed by atoms with van der Waals surface area (Å²) in [5.74, 6) is -1.63. The summed E-state index contributed by atoms with van der Waals surface area (Å²) in [7, 11) is 0. The van der Waals surface area contributed by atoms with E-state index >= 15 is 0 Å². The highest BCUT2D eigenvalue weighted by atomic mass is 79.9. The standard InChI is InChI=1S/C21H17BrFN3O2S/c1-12-2-4-13(5-3-12)15-9-19(27)26-21(16(15)10-24)29-11-20(28)25-18-7-6-14(22)8-17(18)23/h2-8,15H,9,11H2,1H3,(H,25,28)(H,26,27)/t15-/m1/s1. The molecule has 0 aromatic heterocycles. The highest BCUT2D eigenvalue weighted by molar-refractivity contribution is 9.10. The Balaban J connectivity index is 1.75. The Labute approximate surface area is 180 Å². The van der Waals surface area contributed by atoms with E-state index in [1.54, 1.807) is 6.07 Å². The summed E-state index contributed by atoms with van der Waals surface area (Å²) in [5.41, 5.74) is 2.45. The van der Waals surface area contributed by atoms with Gasteiger partial charge in [-0.1, -0.05) is 57.5 Å². The van der Waals surface area contributed by atoms with Gasteiger partial charge in [-0.25, -0.2) is 4.39 Å². The van der Waals surface area contributed by atoms with Crippen LogP contribution in [0.1, 0.15) is 23.5 Å². The predicted octanol–water partition coefficient (Wildman–Crippen LogP) is 4.61. The molecule has 2 amide bonds. The van der Waals surface area contributed by atoms with E-state index in [9.17, 15) is 19.2 Å². The summed E-state index contributed by atoms with van der Waals surface area (Å²) in [6.45, 7) is 1.96.